The lowest BCUT2D eigenvalue weighted by Crippen LogP contribution is -2.05. The maximum Gasteiger partial charge on any atom is 0.233 e. The van der Waals surface area contributed by atoms with E-state index in [1.54, 1.807) is 11.6 Å². The van der Waals surface area contributed by atoms with Gasteiger partial charge in [0, 0.05) is 11.3 Å². The number of nitrogens with zero attached hydrogens (tertiary/aromatic N) is 2. The van der Waals surface area contributed by atoms with Gasteiger partial charge in [-0.3, -0.25) is 4.68 Å². The molecule has 4 nitrogen and oxygen atoms in total. The summed E-state index contributed by atoms with van der Waals surface area (Å²) in [6.45, 7) is 4.14. The molecule has 0 spiro atoms. The predicted octanol–water partition coefficient (Wildman–Crippen LogP) is 0.198. The normalized spacial score (nSPS) is 10.5. The molecule has 0 fully saturated rings. The number of aliphatic hydroxyl groups is 1. The van der Waals surface area contributed by atoms with Crippen LogP contribution in [0, 0.1) is 13.8 Å². The minimum Gasteiger partial charge on any atom is -0.492 e. The Morgan fingerprint density at radius 1 is 1.45 bits per heavy atom. The van der Waals surface area contributed by atoms with E-state index in [2.05, 4.69) is 5.10 Å². The number of rotatable bonds is 2. The number of aromatic nitrogens is 2. The first kappa shape index (κ1) is 8.07. The summed E-state index contributed by atoms with van der Waals surface area (Å²) in [6, 6.07) is 0. The zero-order valence-electron chi connectivity index (χ0n) is 6.70. The molecular formula is C7H12N2O2. The van der Waals surface area contributed by atoms with Gasteiger partial charge in [-0.25, -0.2) is 0 Å². The third kappa shape index (κ3) is 1.35. The van der Waals surface area contributed by atoms with Gasteiger partial charge in [-0.15, -0.1) is 5.10 Å². The summed E-state index contributed by atoms with van der Waals surface area (Å²) < 4.78 is 1.59. The molecule has 0 aromatic carbocycles. The smallest absolute Gasteiger partial charge is 0.233 e. The van der Waals surface area contributed by atoms with Crippen LogP contribution >= 0.6 is 0 Å². The average molecular weight is 156 g/mol. The van der Waals surface area contributed by atoms with Crippen molar-refractivity contribution in [3.05, 3.63) is 11.3 Å². The van der Waals surface area contributed by atoms with E-state index in [0.29, 0.717) is 6.54 Å². The fourth-order valence-corrected chi connectivity index (χ4v) is 0.932. The van der Waals surface area contributed by atoms with Crippen molar-refractivity contribution in [2.75, 3.05) is 6.61 Å². The first-order valence-electron chi connectivity index (χ1n) is 3.50. The first-order valence-corrected chi connectivity index (χ1v) is 3.50. The van der Waals surface area contributed by atoms with E-state index < -0.39 is 0 Å². The van der Waals surface area contributed by atoms with Crippen LogP contribution in [0.5, 0.6) is 5.88 Å². The van der Waals surface area contributed by atoms with Gasteiger partial charge in [0.2, 0.25) is 5.88 Å². The molecule has 1 heterocycles. The molecule has 0 saturated heterocycles. The molecule has 0 unspecified atom stereocenters. The van der Waals surface area contributed by atoms with Gasteiger partial charge in [0.05, 0.1) is 13.2 Å². The molecule has 0 bridgehead atoms. The summed E-state index contributed by atoms with van der Waals surface area (Å²) in [7, 11) is 0. The van der Waals surface area contributed by atoms with Gasteiger partial charge >= 0.3 is 0 Å². The monoisotopic (exact) mass is 156 g/mol. The van der Waals surface area contributed by atoms with Crippen molar-refractivity contribution >= 4 is 0 Å². The molecule has 11 heavy (non-hydrogen) atoms. The van der Waals surface area contributed by atoms with E-state index in [1.165, 1.54) is 0 Å². The van der Waals surface area contributed by atoms with E-state index in [9.17, 15) is 0 Å². The quantitative estimate of drug-likeness (QED) is 0.643. The number of aromatic hydroxyl groups is 1. The lowest BCUT2D eigenvalue weighted by Gasteiger charge is -1.99. The first-order chi connectivity index (χ1) is 5.16. The molecular weight excluding hydrogens is 144 g/mol. The van der Waals surface area contributed by atoms with Crippen molar-refractivity contribution in [3.63, 3.8) is 0 Å². The van der Waals surface area contributed by atoms with Crippen molar-refractivity contribution in [1.29, 1.82) is 0 Å². The molecule has 2 N–H and O–H groups in total. The van der Waals surface area contributed by atoms with Gasteiger partial charge < -0.3 is 10.2 Å². The minimum atomic E-state index is 0.0431. The second-order valence-electron chi connectivity index (χ2n) is 2.48. The molecule has 1 aromatic rings. The number of hydrogen-bond acceptors (Lipinski definition) is 3. The lowest BCUT2D eigenvalue weighted by atomic mass is 10.3. The van der Waals surface area contributed by atoms with Crippen LogP contribution in [0.15, 0.2) is 0 Å². The minimum absolute atomic E-state index is 0.0431. The van der Waals surface area contributed by atoms with E-state index in [1.807, 2.05) is 6.92 Å². The van der Waals surface area contributed by atoms with Gasteiger partial charge in [-0.1, -0.05) is 0 Å². The van der Waals surface area contributed by atoms with Crippen molar-refractivity contribution < 1.29 is 10.2 Å². The largest absolute Gasteiger partial charge is 0.492 e. The molecule has 0 atom stereocenters. The average Bonchev–Trinajstić information content (AvgIpc) is 2.19. The standard InChI is InChI=1S/C7H12N2O2/c1-5-6(2)9(3-4-10)8-7(5)11/h10H,3-4H2,1-2H3,(H,8,11). The topological polar surface area (TPSA) is 58.3 Å². The van der Waals surface area contributed by atoms with Crippen LogP contribution in [0.3, 0.4) is 0 Å². The van der Waals surface area contributed by atoms with Gasteiger partial charge in [-0.05, 0) is 13.8 Å². The van der Waals surface area contributed by atoms with E-state index in [0.717, 1.165) is 11.3 Å². The zero-order valence-corrected chi connectivity index (χ0v) is 6.70. The van der Waals surface area contributed by atoms with Crippen molar-refractivity contribution in [2.24, 2.45) is 0 Å². The van der Waals surface area contributed by atoms with E-state index in [4.69, 9.17) is 10.2 Å². The van der Waals surface area contributed by atoms with E-state index in [-0.39, 0.29) is 12.5 Å². The van der Waals surface area contributed by atoms with Gasteiger partial charge in [0.15, 0.2) is 0 Å². The molecule has 0 amide bonds. The Kier molecular flexibility index (Phi) is 2.14. The molecule has 0 radical (unpaired) electrons. The second-order valence-corrected chi connectivity index (χ2v) is 2.48. The molecule has 62 valence electrons. The van der Waals surface area contributed by atoms with Gasteiger partial charge in [0.25, 0.3) is 0 Å². The summed E-state index contributed by atoms with van der Waals surface area (Å²) in [5.41, 5.74) is 1.68. The van der Waals surface area contributed by atoms with Gasteiger partial charge in [0.1, 0.15) is 0 Å². The molecule has 1 rings (SSSR count). The lowest BCUT2D eigenvalue weighted by molar-refractivity contribution is 0.266. The Balaban J connectivity index is 2.98. The van der Waals surface area contributed by atoms with Gasteiger partial charge in [-0.2, -0.15) is 0 Å². The maximum absolute atomic E-state index is 9.13. The SMILES string of the molecule is Cc1c(O)nn(CCO)c1C. The van der Waals surface area contributed by atoms with Crippen molar-refractivity contribution in [3.8, 4) is 5.88 Å². The van der Waals surface area contributed by atoms with E-state index >= 15 is 0 Å². The summed E-state index contributed by atoms with van der Waals surface area (Å²) in [6.07, 6.45) is 0. The Bertz CT molecular complexity index is 255. The van der Waals surface area contributed by atoms with Crippen LogP contribution in [-0.2, 0) is 6.54 Å². The number of hydrogen-bond donors (Lipinski definition) is 2. The fourth-order valence-electron chi connectivity index (χ4n) is 0.932. The zero-order chi connectivity index (χ0) is 8.43. The van der Waals surface area contributed by atoms with Crippen molar-refractivity contribution in [1.82, 2.24) is 9.78 Å². The highest BCUT2D eigenvalue weighted by Gasteiger charge is 2.07. The molecule has 4 heteroatoms. The maximum atomic E-state index is 9.13. The predicted molar refractivity (Wildman–Crippen MR) is 40.5 cm³/mol. The third-order valence-electron chi connectivity index (χ3n) is 1.79. The summed E-state index contributed by atoms with van der Waals surface area (Å²) >= 11 is 0. The van der Waals surface area contributed by atoms with Crippen LogP contribution in [-0.4, -0.2) is 26.6 Å². The van der Waals surface area contributed by atoms with Crippen LogP contribution < -0.4 is 0 Å². The Labute approximate surface area is 65.1 Å². The third-order valence-corrected chi connectivity index (χ3v) is 1.79. The molecule has 0 aliphatic rings. The Morgan fingerprint density at radius 3 is 2.45 bits per heavy atom. The fraction of sp³-hybridized carbons (Fsp3) is 0.571. The molecule has 0 aliphatic carbocycles. The number of aliphatic hydroxyl groups excluding tert-OH is 1. The highest BCUT2D eigenvalue weighted by Crippen LogP contribution is 2.16. The van der Waals surface area contributed by atoms with Crippen LogP contribution in [0.2, 0.25) is 0 Å². The highest BCUT2D eigenvalue weighted by atomic mass is 16.3. The summed E-state index contributed by atoms with van der Waals surface area (Å²) in [4.78, 5) is 0. The Hall–Kier alpha value is -1.03. The summed E-state index contributed by atoms with van der Waals surface area (Å²) in [5, 5.41) is 21.5. The van der Waals surface area contributed by atoms with Crippen LogP contribution in [0.25, 0.3) is 0 Å². The highest BCUT2D eigenvalue weighted by molar-refractivity contribution is 5.27. The molecule has 0 aliphatic heterocycles. The summed E-state index contributed by atoms with van der Waals surface area (Å²) in [5.74, 6) is 0.0518. The Morgan fingerprint density at radius 2 is 2.09 bits per heavy atom. The van der Waals surface area contributed by atoms with Crippen LogP contribution in [0.4, 0.5) is 0 Å². The second kappa shape index (κ2) is 2.92. The molecule has 1 aromatic heterocycles. The van der Waals surface area contributed by atoms with Crippen LogP contribution in [0.1, 0.15) is 11.3 Å². The van der Waals surface area contributed by atoms with Crippen molar-refractivity contribution in [2.45, 2.75) is 20.4 Å². The molecule has 0 saturated carbocycles.